The Morgan fingerprint density at radius 1 is 1.39 bits per heavy atom. The van der Waals surface area contributed by atoms with Crippen LogP contribution in [0.15, 0.2) is 29.4 Å². The first-order valence-corrected chi connectivity index (χ1v) is 7.95. The lowest BCUT2D eigenvalue weighted by Crippen LogP contribution is -2.48. The molecule has 0 radical (unpaired) electrons. The molecule has 7 heteroatoms. The summed E-state index contributed by atoms with van der Waals surface area (Å²) in [6.45, 7) is 4.19. The highest BCUT2D eigenvalue weighted by molar-refractivity contribution is 6.30. The van der Waals surface area contributed by atoms with Crippen molar-refractivity contribution < 1.29 is 14.4 Å². The highest BCUT2D eigenvalue weighted by Gasteiger charge is 2.30. The van der Waals surface area contributed by atoms with Gasteiger partial charge in [0.2, 0.25) is 12.0 Å². The number of oxime groups is 1. The lowest BCUT2D eigenvalue weighted by atomic mass is 10.0. The third-order valence-electron chi connectivity index (χ3n) is 3.44. The summed E-state index contributed by atoms with van der Waals surface area (Å²) in [6.07, 6.45) is 0.481. The summed E-state index contributed by atoms with van der Waals surface area (Å²) in [7, 11) is 0. The fourth-order valence-electron chi connectivity index (χ4n) is 2.10. The summed E-state index contributed by atoms with van der Waals surface area (Å²) < 4.78 is 0. The molecule has 0 saturated carbocycles. The van der Waals surface area contributed by atoms with E-state index in [-0.39, 0.29) is 11.8 Å². The topological polar surface area (TPSA) is 79.8 Å². The van der Waals surface area contributed by atoms with Gasteiger partial charge in [-0.1, -0.05) is 35.8 Å². The number of nitrogens with zero attached hydrogens (tertiary/aromatic N) is 1. The van der Waals surface area contributed by atoms with Crippen LogP contribution in [0.25, 0.3) is 0 Å². The van der Waals surface area contributed by atoms with Gasteiger partial charge in [0.15, 0.2) is 0 Å². The van der Waals surface area contributed by atoms with Gasteiger partial charge in [0.05, 0.1) is 5.71 Å². The maximum Gasteiger partial charge on any atom is 0.264 e. The van der Waals surface area contributed by atoms with Crippen LogP contribution in [0.4, 0.5) is 0 Å². The number of carbonyl (C=O) groups is 2. The zero-order valence-electron chi connectivity index (χ0n) is 13.1. The van der Waals surface area contributed by atoms with Gasteiger partial charge in [-0.2, -0.15) is 0 Å². The average molecular weight is 338 g/mol. The quantitative estimate of drug-likeness (QED) is 0.831. The summed E-state index contributed by atoms with van der Waals surface area (Å²) in [5, 5.41) is 9.96. The number of rotatable bonds is 6. The first-order chi connectivity index (χ1) is 11.0. The van der Waals surface area contributed by atoms with E-state index in [9.17, 15) is 9.59 Å². The monoisotopic (exact) mass is 337 g/mol. The van der Waals surface area contributed by atoms with Crippen LogP contribution in [0.5, 0.6) is 0 Å². The second kappa shape index (κ2) is 7.97. The van der Waals surface area contributed by atoms with Crippen LogP contribution in [0.3, 0.4) is 0 Å². The molecule has 2 atom stereocenters. The Balaban J connectivity index is 1.86. The molecular formula is C16H20ClN3O3. The fourth-order valence-corrected chi connectivity index (χ4v) is 2.23. The number of nitrogens with one attached hydrogen (secondary N) is 2. The summed E-state index contributed by atoms with van der Waals surface area (Å²) >= 11 is 5.85. The molecule has 1 aliphatic heterocycles. The van der Waals surface area contributed by atoms with Gasteiger partial charge >= 0.3 is 0 Å². The Morgan fingerprint density at radius 2 is 2.09 bits per heavy atom. The van der Waals surface area contributed by atoms with Gasteiger partial charge in [-0.25, -0.2) is 0 Å². The van der Waals surface area contributed by atoms with Crippen LogP contribution >= 0.6 is 11.6 Å². The summed E-state index contributed by atoms with van der Waals surface area (Å²) in [4.78, 5) is 29.1. The van der Waals surface area contributed by atoms with Crippen LogP contribution < -0.4 is 10.6 Å². The maximum absolute atomic E-state index is 12.2. The molecule has 1 aromatic rings. The highest BCUT2D eigenvalue weighted by Crippen LogP contribution is 2.18. The fraction of sp³-hybridized carbons (Fsp3) is 0.438. The predicted octanol–water partition coefficient (Wildman–Crippen LogP) is 1.86. The molecule has 0 aliphatic carbocycles. The highest BCUT2D eigenvalue weighted by atomic mass is 35.5. The van der Waals surface area contributed by atoms with Crippen molar-refractivity contribution in [1.29, 1.82) is 0 Å². The molecular weight excluding hydrogens is 318 g/mol. The molecule has 2 N–H and O–H groups in total. The lowest BCUT2D eigenvalue weighted by Gasteiger charge is -2.15. The van der Waals surface area contributed by atoms with E-state index in [0.29, 0.717) is 23.7 Å². The Kier molecular flexibility index (Phi) is 5.98. The van der Waals surface area contributed by atoms with Crippen molar-refractivity contribution in [3.63, 3.8) is 0 Å². The molecule has 6 nitrogen and oxygen atoms in total. The first-order valence-electron chi connectivity index (χ1n) is 7.58. The van der Waals surface area contributed by atoms with E-state index in [1.165, 1.54) is 0 Å². The Bertz CT molecular complexity index is 601. The van der Waals surface area contributed by atoms with Gasteiger partial charge in [0, 0.05) is 18.0 Å². The molecule has 2 rings (SSSR count). The molecule has 23 heavy (non-hydrogen) atoms. The molecule has 1 aliphatic rings. The second-order valence-corrected chi connectivity index (χ2v) is 5.80. The van der Waals surface area contributed by atoms with E-state index in [4.69, 9.17) is 16.4 Å². The van der Waals surface area contributed by atoms with Crippen molar-refractivity contribution in [2.45, 2.75) is 38.8 Å². The minimum absolute atomic E-state index is 0.211. The molecule has 0 saturated heterocycles. The van der Waals surface area contributed by atoms with Crippen molar-refractivity contribution in [3.05, 3.63) is 34.9 Å². The number of hydrogen-bond acceptors (Lipinski definition) is 4. The number of hydrogen-bond donors (Lipinski definition) is 2. The van der Waals surface area contributed by atoms with Crippen molar-refractivity contribution in [2.24, 2.45) is 5.16 Å². The van der Waals surface area contributed by atoms with Gasteiger partial charge in [-0.05, 0) is 31.0 Å². The molecule has 0 aromatic heterocycles. The van der Waals surface area contributed by atoms with Crippen LogP contribution in [-0.4, -0.2) is 36.2 Å². The normalized spacial score (nSPS) is 17.9. The van der Waals surface area contributed by atoms with E-state index in [2.05, 4.69) is 15.8 Å². The van der Waals surface area contributed by atoms with Crippen LogP contribution in [-0.2, 0) is 14.4 Å². The molecule has 1 aromatic carbocycles. The van der Waals surface area contributed by atoms with Crippen molar-refractivity contribution in [3.8, 4) is 0 Å². The Labute approximate surface area is 140 Å². The van der Waals surface area contributed by atoms with Gasteiger partial charge < -0.3 is 15.5 Å². The first kappa shape index (κ1) is 17.3. The van der Waals surface area contributed by atoms with E-state index in [1.54, 1.807) is 19.1 Å². The molecule has 124 valence electrons. The van der Waals surface area contributed by atoms with Gasteiger partial charge in [0.25, 0.3) is 5.91 Å². The average Bonchev–Trinajstić information content (AvgIpc) is 3.03. The SMILES string of the molecule is CCCNC(=O)[C@H](C)NC(=O)[C@H]1CC(c2ccc(Cl)cc2)=NO1. The number of benzene rings is 1. The molecule has 1 heterocycles. The third kappa shape index (κ3) is 4.69. The van der Waals surface area contributed by atoms with E-state index < -0.39 is 12.1 Å². The van der Waals surface area contributed by atoms with Crippen molar-refractivity contribution in [1.82, 2.24) is 10.6 Å². The van der Waals surface area contributed by atoms with Crippen LogP contribution in [0.2, 0.25) is 5.02 Å². The standard InChI is InChI=1S/C16H20ClN3O3/c1-3-8-18-15(21)10(2)19-16(22)14-9-13(20-23-14)11-4-6-12(17)7-5-11/h4-7,10,14H,3,8-9H2,1-2H3,(H,18,21)(H,19,22)/t10-,14+/m0/s1. The zero-order chi connectivity index (χ0) is 16.8. The lowest BCUT2D eigenvalue weighted by molar-refractivity contribution is -0.135. The Morgan fingerprint density at radius 3 is 2.74 bits per heavy atom. The van der Waals surface area contributed by atoms with Crippen molar-refractivity contribution >= 4 is 29.1 Å². The van der Waals surface area contributed by atoms with Gasteiger partial charge in [0.1, 0.15) is 6.04 Å². The maximum atomic E-state index is 12.2. The van der Waals surface area contributed by atoms with Crippen molar-refractivity contribution in [2.75, 3.05) is 6.54 Å². The molecule has 0 unspecified atom stereocenters. The van der Waals surface area contributed by atoms with Crippen LogP contribution in [0.1, 0.15) is 32.3 Å². The van der Waals surface area contributed by atoms with Crippen LogP contribution in [0, 0.1) is 0 Å². The minimum Gasteiger partial charge on any atom is -0.382 e. The minimum atomic E-state index is -0.720. The van der Waals surface area contributed by atoms with E-state index in [1.807, 2.05) is 19.1 Å². The van der Waals surface area contributed by atoms with E-state index >= 15 is 0 Å². The number of amides is 2. The Hall–Kier alpha value is -2.08. The number of carbonyl (C=O) groups excluding carboxylic acids is 2. The van der Waals surface area contributed by atoms with Gasteiger partial charge in [-0.15, -0.1) is 0 Å². The predicted molar refractivity (Wildman–Crippen MR) is 88.4 cm³/mol. The molecule has 0 bridgehead atoms. The largest absolute Gasteiger partial charge is 0.382 e. The van der Waals surface area contributed by atoms with Gasteiger partial charge in [-0.3, -0.25) is 9.59 Å². The third-order valence-corrected chi connectivity index (χ3v) is 3.69. The summed E-state index contributed by atoms with van der Waals surface area (Å²) in [5.41, 5.74) is 1.54. The number of halogens is 1. The zero-order valence-corrected chi connectivity index (χ0v) is 13.9. The smallest absolute Gasteiger partial charge is 0.264 e. The molecule has 0 fully saturated rings. The summed E-state index contributed by atoms with van der Waals surface area (Å²) in [5.74, 6) is -0.561. The van der Waals surface area contributed by atoms with E-state index in [0.717, 1.165) is 12.0 Å². The molecule has 2 amide bonds. The molecule has 0 spiro atoms. The summed E-state index contributed by atoms with van der Waals surface area (Å²) in [6, 6.07) is 6.55. The second-order valence-electron chi connectivity index (χ2n) is 5.36.